The minimum absolute atomic E-state index is 0.0522. The van der Waals surface area contributed by atoms with E-state index in [1.807, 2.05) is 6.92 Å². The molecule has 1 aliphatic heterocycles. The molecule has 0 aromatic rings. The average molecular weight is 243 g/mol. The minimum Gasteiger partial charge on any atom is -0.300 e. The fourth-order valence-electron chi connectivity index (χ4n) is 1.49. The zero-order valence-electron chi connectivity index (χ0n) is 9.86. The van der Waals surface area contributed by atoms with Gasteiger partial charge in [0, 0.05) is 24.6 Å². The van der Waals surface area contributed by atoms with E-state index in [0.717, 1.165) is 0 Å². The van der Waals surface area contributed by atoms with E-state index in [1.165, 1.54) is 16.7 Å². The standard InChI is InChI=1S/C11H17NO3S/c1-4-12-10(14)5-9(11(12)15)16-6-7(2)8(3)13/h7,9H,4-6H2,1-3H3. The summed E-state index contributed by atoms with van der Waals surface area (Å²) in [6, 6.07) is 0. The molecule has 2 amide bonds. The van der Waals surface area contributed by atoms with Gasteiger partial charge < -0.3 is 0 Å². The van der Waals surface area contributed by atoms with Gasteiger partial charge >= 0.3 is 0 Å². The lowest BCUT2D eigenvalue weighted by Crippen LogP contribution is -2.31. The summed E-state index contributed by atoms with van der Waals surface area (Å²) in [7, 11) is 0. The van der Waals surface area contributed by atoms with Crippen LogP contribution in [0.1, 0.15) is 27.2 Å². The molecule has 0 radical (unpaired) electrons. The summed E-state index contributed by atoms with van der Waals surface area (Å²) < 4.78 is 0. The van der Waals surface area contributed by atoms with Gasteiger partial charge in [0.15, 0.2) is 0 Å². The Hall–Kier alpha value is -0.840. The molecule has 4 nitrogen and oxygen atoms in total. The first-order valence-electron chi connectivity index (χ1n) is 5.43. The van der Waals surface area contributed by atoms with E-state index in [1.54, 1.807) is 13.8 Å². The number of rotatable bonds is 5. The first kappa shape index (κ1) is 13.2. The fraction of sp³-hybridized carbons (Fsp3) is 0.727. The summed E-state index contributed by atoms with van der Waals surface area (Å²) in [5, 5.41) is -0.283. The van der Waals surface area contributed by atoms with Gasteiger partial charge in [-0.3, -0.25) is 19.3 Å². The Morgan fingerprint density at radius 2 is 2.19 bits per heavy atom. The Bertz CT molecular complexity index is 316. The molecule has 90 valence electrons. The molecule has 1 aliphatic rings. The lowest BCUT2D eigenvalue weighted by molar-refractivity contribution is -0.138. The third kappa shape index (κ3) is 2.84. The maximum Gasteiger partial charge on any atom is 0.242 e. The number of nitrogens with zero attached hydrogens (tertiary/aromatic N) is 1. The first-order chi connectivity index (χ1) is 7.47. The highest BCUT2D eigenvalue weighted by Gasteiger charge is 2.37. The molecule has 16 heavy (non-hydrogen) atoms. The Labute approximate surface area is 99.8 Å². The van der Waals surface area contributed by atoms with E-state index in [0.29, 0.717) is 12.3 Å². The van der Waals surface area contributed by atoms with Crippen molar-refractivity contribution in [1.82, 2.24) is 4.90 Å². The van der Waals surface area contributed by atoms with Crippen molar-refractivity contribution in [3.63, 3.8) is 0 Å². The Morgan fingerprint density at radius 1 is 1.56 bits per heavy atom. The van der Waals surface area contributed by atoms with E-state index in [4.69, 9.17) is 0 Å². The van der Waals surface area contributed by atoms with Crippen LogP contribution in [-0.4, -0.2) is 40.0 Å². The molecule has 1 fully saturated rings. The molecule has 1 heterocycles. The predicted molar refractivity (Wildman–Crippen MR) is 63.1 cm³/mol. The van der Waals surface area contributed by atoms with Crippen LogP contribution in [0.5, 0.6) is 0 Å². The van der Waals surface area contributed by atoms with Gasteiger partial charge in [-0.1, -0.05) is 6.92 Å². The highest BCUT2D eigenvalue weighted by atomic mass is 32.2. The molecule has 0 spiro atoms. The summed E-state index contributed by atoms with van der Waals surface area (Å²) >= 11 is 1.42. The van der Waals surface area contributed by atoms with Crippen LogP contribution < -0.4 is 0 Å². The monoisotopic (exact) mass is 243 g/mol. The SMILES string of the molecule is CCN1C(=O)CC(SCC(C)C(C)=O)C1=O. The number of carbonyl (C=O) groups is 3. The molecule has 0 saturated carbocycles. The summed E-state index contributed by atoms with van der Waals surface area (Å²) in [6.07, 6.45) is 0.280. The van der Waals surface area contributed by atoms with Crippen molar-refractivity contribution in [2.75, 3.05) is 12.3 Å². The second-order valence-corrected chi connectivity index (χ2v) is 5.25. The van der Waals surface area contributed by atoms with Crippen LogP contribution >= 0.6 is 11.8 Å². The largest absolute Gasteiger partial charge is 0.300 e. The van der Waals surface area contributed by atoms with Crippen molar-refractivity contribution in [1.29, 1.82) is 0 Å². The average Bonchev–Trinajstić information content (AvgIpc) is 2.50. The molecule has 2 unspecified atom stereocenters. The normalized spacial score (nSPS) is 22.7. The molecule has 1 saturated heterocycles. The Balaban J connectivity index is 2.48. The Morgan fingerprint density at radius 3 is 2.62 bits per heavy atom. The first-order valence-corrected chi connectivity index (χ1v) is 6.48. The molecular formula is C11H17NO3S. The lowest BCUT2D eigenvalue weighted by Gasteiger charge is -2.13. The number of imide groups is 1. The van der Waals surface area contributed by atoms with Gasteiger partial charge in [-0.2, -0.15) is 0 Å². The fourth-order valence-corrected chi connectivity index (χ4v) is 2.78. The second-order valence-electron chi connectivity index (χ2n) is 4.01. The number of carbonyl (C=O) groups excluding carboxylic acids is 3. The molecule has 0 aromatic heterocycles. The van der Waals surface area contributed by atoms with Gasteiger partial charge in [-0.15, -0.1) is 11.8 Å². The van der Waals surface area contributed by atoms with Crippen LogP contribution in [0.2, 0.25) is 0 Å². The van der Waals surface area contributed by atoms with Gasteiger partial charge in [0.05, 0.1) is 5.25 Å². The maximum absolute atomic E-state index is 11.7. The number of thioether (sulfide) groups is 1. The Kier molecular flexibility index (Phi) is 4.53. The molecule has 0 bridgehead atoms. The molecule has 5 heteroatoms. The number of amides is 2. The molecule has 2 atom stereocenters. The number of hydrogen-bond acceptors (Lipinski definition) is 4. The van der Waals surface area contributed by atoms with Gasteiger partial charge in [-0.05, 0) is 13.8 Å². The molecule has 1 rings (SSSR count). The summed E-state index contributed by atoms with van der Waals surface area (Å²) in [6.45, 7) is 5.62. The van der Waals surface area contributed by atoms with Gasteiger partial charge in [0.1, 0.15) is 5.78 Å². The van der Waals surface area contributed by atoms with Crippen molar-refractivity contribution >= 4 is 29.4 Å². The maximum atomic E-state index is 11.7. The van der Waals surface area contributed by atoms with Crippen LogP contribution in [-0.2, 0) is 14.4 Å². The summed E-state index contributed by atoms with van der Waals surface area (Å²) in [5.41, 5.74) is 0. The number of Topliss-reactive ketones (excluding diaryl/α,β-unsaturated/α-hetero) is 1. The highest BCUT2D eigenvalue weighted by Crippen LogP contribution is 2.26. The third-order valence-corrected chi connectivity index (χ3v) is 4.22. The molecule has 0 N–H and O–H groups in total. The van der Waals surface area contributed by atoms with Crippen LogP contribution in [0.15, 0.2) is 0 Å². The van der Waals surface area contributed by atoms with Crippen molar-refractivity contribution in [2.24, 2.45) is 5.92 Å². The third-order valence-electron chi connectivity index (χ3n) is 2.76. The van der Waals surface area contributed by atoms with Gasteiger partial charge in [0.2, 0.25) is 11.8 Å². The summed E-state index contributed by atoms with van der Waals surface area (Å²) in [4.78, 5) is 35.5. The molecule has 0 aliphatic carbocycles. The van der Waals surface area contributed by atoms with Crippen molar-refractivity contribution < 1.29 is 14.4 Å². The van der Waals surface area contributed by atoms with E-state index in [-0.39, 0.29) is 35.2 Å². The summed E-state index contributed by atoms with van der Waals surface area (Å²) in [5.74, 6) is 0.477. The van der Waals surface area contributed by atoms with Crippen LogP contribution in [0.3, 0.4) is 0 Å². The van der Waals surface area contributed by atoms with E-state index in [2.05, 4.69) is 0 Å². The number of hydrogen-bond donors (Lipinski definition) is 0. The zero-order valence-corrected chi connectivity index (χ0v) is 10.7. The van der Waals surface area contributed by atoms with Crippen LogP contribution in [0.25, 0.3) is 0 Å². The topological polar surface area (TPSA) is 54.5 Å². The van der Waals surface area contributed by atoms with E-state index < -0.39 is 0 Å². The van der Waals surface area contributed by atoms with Crippen molar-refractivity contribution in [2.45, 2.75) is 32.4 Å². The highest BCUT2D eigenvalue weighted by molar-refractivity contribution is 8.00. The van der Waals surface area contributed by atoms with Gasteiger partial charge in [0.25, 0.3) is 0 Å². The van der Waals surface area contributed by atoms with Crippen molar-refractivity contribution in [3.05, 3.63) is 0 Å². The minimum atomic E-state index is -0.283. The van der Waals surface area contributed by atoms with Gasteiger partial charge in [-0.25, -0.2) is 0 Å². The number of likely N-dealkylation sites (tertiary alicyclic amines) is 1. The van der Waals surface area contributed by atoms with Crippen LogP contribution in [0.4, 0.5) is 0 Å². The number of ketones is 1. The second kappa shape index (κ2) is 5.48. The van der Waals surface area contributed by atoms with E-state index >= 15 is 0 Å². The quantitative estimate of drug-likeness (QED) is 0.678. The van der Waals surface area contributed by atoms with E-state index in [9.17, 15) is 14.4 Å². The predicted octanol–water partition coefficient (Wildman–Crippen LogP) is 1.09. The zero-order chi connectivity index (χ0) is 12.3. The van der Waals surface area contributed by atoms with Crippen LogP contribution in [0, 0.1) is 5.92 Å². The van der Waals surface area contributed by atoms with Crippen molar-refractivity contribution in [3.8, 4) is 0 Å². The lowest BCUT2D eigenvalue weighted by atomic mass is 10.1. The smallest absolute Gasteiger partial charge is 0.242 e. The molecule has 0 aromatic carbocycles. The molecular weight excluding hydrogens is 226 g/mol.